The van der Waals surface area contributed by atoms with Crippen LogP contribution in [-0.4, -0.2) is 35.4 Å². The fraction of sp³-hybridized carbons (Fsp3) is 0.222. The van der Waals surface area contributed by atoms with E-state index in [9.17, 15) is 27.2 Å². The zero-order valence-electron chi connectivity index (χ0n) is 14.3. The van der Waals surface area contributed by atoms with Crippen molar-refractivity contribution in [3.05, 3.63) is 58.7 Å². The number of halogens is 4. The number of esters is 2. The minimum absolute atomic E-state index is 0.424. The van der Waals surface area contributed by atoms with Crippen LogP contribution in [0.2, 0.25) is 0 Å². The van der Waals surface area contributed by atoms with Gasteiger partial charge in [-0.05, 0) is 0 Å². The molecule has 0 saturated heterocycles. The minimum Gasteiger partial charge on any atom is -0.508 e. The molecule has 0 aromatic heterocycles. The van der Waals surface area contributed by atoms with E-state index in [0.29, 0.717) is 24.3 Å². The second kappa shape index (κ2) is 8.59. The molecule has 2 aromatic rings. The Bertz CT molecular complexity index is 795. The average Bonchev–Trinajstić information content (AvgIpc) is 2.56. The summed E-state index contributed by atoms with van der Waals surface area (Å²) in [5.74, 6) is -10.1. The first kappa shape index (κ1) is 21.0. The molecular weight excluding hydrogens is 388 g/mol. The Labute approximate surface area is 155 Å². The van der Waals surface area contributed by atoms with E-state index in [0.717, 1.165) is 0 Å². The van der Waals surface area contributed by atoms with Gasteiger partial charge in [0.1, 0.15) is 45.9 Å². The van der Waals surface area contributed by atoms with E-state index in [2.05, 4.69) is 0 Å². The largest absolute Gasteiger partial charge is 0.508 e. The van der Waals surface area contributed by atoms with Crippen LogP contribution in [0.4, 0.5) is 17.6 Å². The maximum atomic E-state index is 13.6. The van der Waals surface area contributed by atoms with Gasteiger partial charge in [-0.1, -0.05) is 6.92 Å². The third-order valence-corrected chi connectivity index (χ3v) is 3.46. The lowest BCUT2D eigenvalue weighted by Gasteiger charge is -2.14. The average molecular weight is 402 g/mol. The van der Waals surface area contributed by atoms with Gasteiger partial charge < -0.3 is 19.7 Å². The summed E-state index contributed by atoms with van der Waals surface area (Å²) >= 11 is 0. The molecule has 0 fully saturated rings. The lowest BCUT2D eigenvalue weighted by Crippen LogP contribution is -2.20. The molecule has 0 radical (unpaired) electrons. The van der Waals surface area contributed by atoms with Gasteiger partial charge in [0.25, 0.3) is 0 Å². The molecule has 6 nitrogen and oxygen atoms in total. The molecule has 0 aliphatic rings. The summed E-state index contributed by atoms with van der Waals surface area (Å²) in [5.41, 5.74) is -2.01. The van der Waals surface area contributed by atoms with E-state index in [4.69, 9.17) is 19.7 Å². The molecule has 150 valence electrons. The van der Waals surface area contributed by atoms with E-state index in [-0.39, 0.29) is 0 Å². The van der Waals surface area contributed by atoms with Crippen molar-refractivity contribution in [2.75, 3.05) is 13.2 Å². The van der Waals surface area contributed by atoms with Crippen LogP contribution in [0.3, 0.4) is 0 Å². The predicted molar refractivity (Wildman–Crippen MR) is 85.8 cm³/mol. The van der Waals surface area contributed by atoms with E-state index < -0.39 is 77.0 Å². The maximum absolute atomic E-state index is 13.6. The smallest absolute Gasteiger partial charge is 0.344 e. The Balaban J connectivity index is 1.92. The second-order valence-corrected chi connectivity index (χ2v) is 5.87. The second-order valence-electron chi connectivity index (χ2n) is 5.87. The summed E-state index contributed by atoms with van der Waals surface area (Å²) in [7, 11) is 0. The number of phenolic OH excluding ortho intramolecular Hbond substituents is 2. The van der Waals surface area contributed by atoms with Gasteiger partial charge in [0, 0.05) is 30.2 Å². The number of ether oxygens (including phenoxy) is 2. The van der Waals surface area contributed by atoms with Crippen molar-refractivity contribution in [1.82, 2.24) is 0 Å². The van der Waals surface area contributed by atoms with Gasteiger partial charge in [-0.3, -0.25) is 0 Å². The number of carbonyl (C=O) groups is 2. The molecule has 0 bridgehead atoms. The zero-order chi connectivity index (χ0) is 21.0. The van der Waals surface area contributed by atoms with Crippen LogP contribution in [0.1, 0.15) is 27.6 Å². The molecule has 2 rings (SSSR count). The molecule has 0 aliphatic carbocycles. The summed E-state index contributed by atoms with van der Waals surface area (Å²) in [6, 6.07) is 2.13. The first-order valence-electron chi connectivity index (χ1n) is 7.80. The summed E-state index contributed by atoms with van der Waals surface area (Å²) in [6.07, 6.45) is 0. The van der Waals surface area contributed by atoms with Gasteiger partial charge in [-0.2, -0.15) is 0 Å². The van der Waals surface area contributed by atoms with Crippen molar-refractivity contribution >= 4 is 11.9 Å². The third kappa shape index (κ3) is 4.90. The molecule has 0 aliphatic heterocycles. The number of rotatable bonds is 6. The van der Waals surface area contributed by atoms with Crippen LogP contribution in [0.25, 0.3) is 0 Å². The van der Waals surface area contributed by atoms with Gasteiger partial charge in [-0.15, -0.1) is 0 Å². The summed E-state index contributed by atoms with van der Waals surface area (Å²) < 4.78 is 63.7. The fourth-order valence-corrected chi connectivity index (χ4v) is 2.14. The van der Waals surface area contributed by atoms with Gasteiger partial charge >= 0.3 is 11.9 Å². The van der Waals surface area contributed by atoms with Gasteiger partial charge in [0.15, 0.2) is 0 Å². The quantitative estimate of drug-likeness (QED) is 0.569. The first-order valence-corrected chi connectivity index (χ1v) is 7.80. The zero-order valence-corrected chi connectivity index (χ0v) is 14.3. The Morgan fingerprint density at radius 3 is 1.36 bits per heavy atom. The Hall–Kier alpha value is -3.30. The number of benzene rings is 2. The van der Waals surface area contributed by atoms with Crippen LogP contribution in [-0.2, 0) is 9.47 Å². The lowest BCUT2D eigenvalue weighted by molar-refractivity contribution is 0.0272. The number of hydrogen-bond donors (Lipinski definition) is 2. The Kier molecular flexibility index (Phi) is 6.45. The third-order valence-electron chi connectivity index (χ3n) is 3.46. The molecule has 0 spiro atoms. The minimum atomic E-state index is -1.34. The topological polar surface area (TPSA) is 93.1 Å². The number of hydrogen-bond acceptors (Lipinski definition) is 6. The highest BCUT2D eigenvalue weighted by Crippen LogP contribution is 2.22. The van der Waals surface area contributed by atoms with E-state index >= 15 is 0 Å². The van der Waals surface area contributed by atoms with Crippen LogP contribution >= 0.6 is 0 Å². The SMILES string of the molecule is CC(COC(=O)c1c(F)cc(O)cc1F)COC(=O)c1c(F)cc(O)cc1F. The van der Waals surface area contributed by atoms with Crippen LogP contribution in [0.15, 0.2) is 24.3 Å². The van der Waals surface area contributed by atoms with Crippen LogP contribution in [0, 0.1) is 29.2 Å². The molecule has 28 heavy (non-hydrogen) atoms. The van der Waals surface area contributed by atoms with Gasteiger partial charge in [0.2, 0.25) is 0 Å². The maximum Gasteiger partial charge on any atom is 0.344 e. The monoisotopic (exact) mass is 402 g/mol. The van der Waals surface area contributed by atoms with Crippen molar-refractivity contribution in [3.8, 4) is 11.5 Å². The predicted octanol–water partition coefficient (Wildman–Crippen LogP) is 3.30. The van der Waals surface area contributed by atoms with E-state index in [1.54, 1.807) is 0 Å². The normalized spacial score (nSPS) is 10.8. The van der Waals surface area contributed by atoms with Crippen molar-refractivity contribution in [2.45, 2.75) is 6.92 Å². The number of carbonyl (C=O) groups excluding carboxylic acids is 2. The Morgan fingerprint density at radius 2 is 1.07 bits per heavy atom. The summed E-state index contributed by atoms with van der Waals surface area (Å²) in [5, 5.41) is 18.1. The molecule has 10 heteroatoms. The highest BCUT2D eigenvalue weighted by molar-refractivity contribution is 5.90. The summed E-state index contributed by atoms with van der Waals surface area (Å²) in [4.78, 5) is 23.5. The number of aromatic hydroxyl groups is 2. The van der Waals surface area contributed by atoms with Gasteiger partial charge in [0.05, 0.1) is 13.2 Å². The Morgan fingerprint density at radius 1 is 0.786 bits per heavy atom. The molecular formula is C18H14F4O6. The molecule has 2 N–H and O–H groups in total. The molecule has 2 aromatic carbocycles. The molecule has 0 unspecified atom stereocenters. The molecule has 0 amide bonds. The highest BCUT2D eigenvalue weighted by atomic mass is 19.1. The van der Waals surface area contributed by atoms with Crippen molar-refractivity contribution in [3.63, 3.8) is 0 Å². The highest BCUT2D eigenvalue weighted by Gasteiger charge is 2.23. The van der Waals surface area contributed by atoms with Crippen molar-refractivity contribution < 1.29 is 46.8 Å². The van der Waals surface area contributed by atoms with E-state index in [1.807, 2.05) is 0 Å². The van der Waals surface area contributed by atoms with Crippen LogP contribution in [0.5, 0.6) is 11.5 Å². The molecule has 0 heterocycles. The fourth-order valence-electron chi connectivity index (χ4n) is 2.14. The molecule has 0 saturated carbocycles. The van der Waals surface area contributed by atoms with Crippen molar-refractivity contribution in [1.29, 1.82) is 0 Å². The number of phenols is 2. The summed E-state index contributed by atoms with van der Waals surface area (Å²) in [6.45, 7) is 0.590. The van der Waals surface area contributed by atoms with Gasteiger partial charge in [-0.25, -0.2) is 27.2 Å². The van der Waals surface area contributed by atoms with Crippen molar-refractivity contribution in [2.24, 2.45) is 5.92 Å². The molecule has 0 atom stereocenters. The first-order chi connectivity index (χ1) is 13.1. The lowest BCUT2D eigenvalue weighted by atomic mass is 10.1. The standard InChI is InChI=1S/C18H14F4O6/c1-8(6-27-17(25)15-11(19)2-9(23)3-12(15)20)7-28-18(26)16-13(21)4-10(24)5-14(16)22/h2-5,8,23-24H,6-7H2,1H3. The van der Waals surface area contributed by atoms with E-state index in [1.165, 1.54) is 6.92 Å². The van der Waals surface area contributed by atoms with Crippen LogP contribution < -0.4 is 0 Å².